The first-order chi connectivity index (χ1) is 12.4. The van der Waals surface area contributed by atoms with Gasteiger partial charge in [-0.3, -0.25) is 9.59 Å². The van der Waals surface area contributed by atoms with E-state index in [9.17, 15) is 14.7 Å². The Balaban J connectivity index is 2.11. The number of rotatable bonds is 9. The van der Waals surface area contributed by atoms with Crippen molar-refractivity contribution in [3.05, 3.63) is 35.5 Å². The molecule has 0 saturated carbocycles. The van der Waals surface area contributed by atoms with E-state index in [2.05, 4.69) is 15.5 Å². The van der Waals surface area contributed by atoms with Gasteiger partial charge in [-0.25, -0.2) is 0 Å². The second-order valence-electron chi connectivity index (χ2n) is 5.56. The standard InChI is InChI=1S/C17H21N3O6/c1-10-18-16(26-20-10)7-6-15(21)19-13(9-17(22)23)12-5-4-11(24-2)8-14(12)25-3/h4-5,8,13H,6-7,9H2,1-3H3,(H,19,21)(H,22,23). The summed E-state index contributed by atoms with van der Waals surface area (Å²) in [5, 5.41) is 15.6. The molecule has 1 atom stereocenters. The summed E-state index contributed by atoms with van der Waals surface area (Å²) in [6, 6.07) is 4.25. The van der Waals surface area contributed by atoms with Crippen molar-refractivity contribution < 1.29 is 28.7 Å². The first-order valence-electron chi connectivity index (χ1n) is 7.95. The average molecular weight is 363 g/mol. The van der Waals surface area contributed by atoms with Crippen molar-refractivity contribution in [3.63, 3.8) is 0 Å². The van der Waals surface area contributed by atoms with Gasteiger partial charge in [0.15, 0.2) is 5.82 Å². The highest BCUT2D eigenvalue weighted by Crippen LogP contribution is 2.31. The zero-order valence-corrected chi connectivity index (χ0v) is 14.8. The molecule has 9 nitrogen and oxygen atoms in total. The van der Waals surface area contributed by atoms with Crippen LogP contribution in [-0.2, 0) is 16.0 Å². The van der Waals surface area contributed by atoms with E-state index in [1.165, 1.54) is 14.2 Å². The fourth-order valence-corrected chi connectivity index (χ4v) is 2.45. The van der Waals surface area contributed by atoms with Crippen molar-refractivity contribution in [2.24, 2.45) is 0 Å². The number of amides is 1. The predicted molar refractivity (Wildman–Crippen MR) is 90.0 cm³/mol. The van der Waals surface area contributed by atoms with Crippen molar-refractivity contribution in [1.82, 2.24) is 15.5 Å². The lowest BCUT2D eigenvalue weighted by Gasteiger charge is -2.20. The number of carboxylic acid groups (broad SMARTS) is 1. The Morgan fingerprint density at radius 3 is 2.65 bits per heavy atom. The number of nitrogens with zero attached hydrogens (tertiary/aromatic N) is 2. The van der Waals surface area contributed by atoms with Crippen molar-refractivity contribution in [2.45, 2.75) is 32.2 Å². The molecule has 2 N–H and O–H groups in total. The molecule has 26 heavy (non-hydrogen) atoms. The van der Waals surface area contributed by atoms with Crippen molar-refractivity contribution in [1.29, 1.82) is 0 Å². The molecular weight excluding hydrogens is 342 g/mol. The summed E-state index contributed by atoms with van der Waals surface area (Å²) in [5.41, 5.74) is 0.553. The average Bonchev–Trinajstić information content (AvgIpc) is 3.03. The SMILES string of the molecule is COc1ccc(C(CC(=O)O)NC(=O)CCc2nc(C)no2)c(OC)c1. The third kappa shape index (κ3) is 5.20. The Morgan fingerprint density at radius 2 is 2.08 bits per heavy atom. The minimum atomic E-state index is -1.04. The molecular formula is C17H21N3O6. The van der Waals surface area contributed by atoms with Gasteiger partial charge in [0.25, 0.3) is 0 Å². The van der Waals surface area contributed by atoms with E-state index in [-0.39, 0.29) is 25.2 Å². The van der Waals surface area contributed by atoms with Crippen LogP contribution in [0.4, 0.5) is 0 Å². The van der Waals surface area contributed by atoms with Crippen molar-refractivity contribution in [3.8, 4) is 11.5 Å². The van der Waals surface area contributed by atoms with E-state index >= 15 is 0 Å². The molecule has 0 aliphatic heterocycles. The van der Waals surface area contributed by atoms with E-state index in [1.54, 1.807) is 25.1 Å². The predicted octanol–water partition coefficient (Wildman–Crippen LogP) is 1.66. The number of hydrogen-bond acceptors (Lipinski definition) is 7. The number of carbonyl (C=O) groups excluding carboxylic acids is 1. The number of aromatic nitrogens is 2. The molecule has 1 aromatic heterocycles. The molecule has 1 aromatic carbocycles. The minimum Gasteiger partial charge on any atom is -0.497 e. The number of benzene rings is 1. The fraction of sp³-hybridized carbons (Fsp3) is 0.412. The second kappa shape index (κ2) is 8.84. The van der Waals surface area contributed by atoms with E-state index in [0.29, 0.717) is 28.8 Å². The molecule has 2 aromatic rings. The van der Waals surface area contributed by atoms with Gasteiger partial charge in [0.05, 0.1) is 26.7 Å². The van der Waals surface area contributed by atoms with Gasteiger partial charge in [-0.1, -0.05) is 5.16 Å². The van der Waals surface area contributed by atoms with E-state index in [0.717, 1.165) is 0 Å². The zero-order valence-electron chi connectivity index (χ0n) is 14.8. The summed E-state index contributed by atoms with van der Waals surface area (Å²) in [6.45, 7) is 1.69. The van der Waals surface area contributed by atoms with Gasteiger partial charge in [-0.15, -0.1) is 0 Å². The van der Waals surface area contributed by atoms with Gasteiger partial charge in [0, 0.05) is 24.5 Å². The van der Waals surface area contributed by atoms with Gasteiger partial charge in [0.2, 0.25) is 11.8 Å². The van der Waals surface area contributed by atoms with Crippen LogP contribution >= 0.6 is 0 Å². The smallest absolute Gasteiger partial charge is 0.305 e. The maximum absolute atomic E-state index is 12.3. The maximum Gasteiger partial charge on any atom is 0.305 e. The molecule has 0 spiro atoms. The molecule has 2 rings (SSSR count). The van der Waals surface area contributed by atoms with Crippen molar-refractivity contribution >= 4 is 11.9 Å². The van der Waals surface area contributed by atoms with Gasteiger partial charge < -0.3 is 24.4 Å². The maximum atomic E-state index is 12.3. The first kappa shape index (κ1) is 19.2. The number of carbonyl (C=O) groups is 2. The second-order valence-corrected chi connectivity index (χ2v) is 5.56. The summed E-state index contributed by atoms with van der Waals surface area (Å²) >= 11 is 0. The van der Waals surface area contributed by atoms with Crippen LogP contribution in [0.25, 0.3) is 0 Å². The van der Waals surface area contributed by atoms with Gasteiger partial charge in [-0.05, 0) is 19.1 Å². The largest absolute Gasteiger partial charge is 0.497 e. The van der Waals surface area contributed by atoms with Crippen LogP contribution in [0.5, 0.6) is 11.5 Å². The third-order valence-corrected chi connectivity index (χ3v) is 3.67. The van der Waals surface area contributed by atoms with E-state index in [4.69, 9.17) is 14.0 Å². The van der Waals surface area contributed by atoms with Crippen LogP contribution in [-0.4, -0.2) is 41.3 Å². The van der Waals surface area contributed by atoms with Crippen molar-refractivity contribution in [2.75, 3.05) is 14.2 Å². The number of aryl methyl sites for hydroxylation is 2. The Morgan fingerprint density at radius 1 is 1.31 bits per heavy atom. The Bertz CT molecular complexity index is 774. The third-order valence-electron chi connectivity index (χ3n) is 3.67. The molecule has 0 saturated heterocycles. The monoisotopic (exact) mass is 363 g/mol. The van der Waals surface area contributed by atoms with Crippen LogP contribution in [0.2, 0.25) is 0 Å². The van der Waals surface area contributed by atoms with Gasteiger partial charge in [-0.2, -0.15) is 4.98 Å². The number of hydrogen-bond donors (Lipinski definition) is 2. The van der Waals surface area contributed by atoms with Crippen LogP contribution in [0, 0.1) is 6.92 Å². The van der Waals surface area contributed by atoms with Crippen LogP contribution in [0.1, 0.15) is 36.2 Å². The lowest BCUT2D eigenvalue weighted by molar-refractivity contribution is -0.137. The summed E-state index contributed by atoms with van der Waals surface area (Å²) in [6.07, 6.45) is 0.0799. The fourth-order valence-electron chi connectivity index (χ4n) is 2.45. The number of aliphatic carboxylic acids is 1. The first-order valence-corrected chi connectivity index (χ1v) is 7.95. The summed E-state index contributed by atoms with van der Waals surface area (Å²) < 4.78 is 15.4. The quantitative estimate of drug-likeness (QED) is 0.689. The van der Waals surface area contributed by atoms with Gasteiger partial charge >= 0.3 is 5.97 Å². The molecule has 0 radical (unpaired) electrons. The molecule has 9 heteroatoms. The highest BCUT2D eigenvalue weighted by molar-refractivity contribution is 5.78. The molecule has 1 unspecified atom stereocenters. The lowest BCUT2D eigenvalue weighted by Crippen LogP contribution is -2.30. The molecule has 0 aliphatic carbocycles. The molecule has 1 heterocycles. The van der Waals surface area contributed by atoms with E-state index < -0.39 is 12.0 Å². The number of carboxylic acids is 1. The van der Waals surface area contributed by atoms with Crippen LogP contribution in [0.3, 0.4) is 0 Å². The molecule has 140 valence electrons. The Labute approximate surface area is 150 Å². The summed E-state index contributed by atoms with van der Waals surface area (Å²) in [4.78, 5) is 27.5. The zero-order chi connectivity index (χ0) is 19.1. The Hall–Kier alpha value is -3.10. The van der Waals surface area contributed by atoms with Crippen LogP contribution in [0.15, 0.2) is 22.7 Å². The van der Waals surface area contributed by atoms with Gasteiger partial charge in [0.1, 0.15) is 11.5 Å². The molecule has 0 aliphatic rings. The van der Waals surface area contributed by atoms with E-state index in [1.807, 2.05) is 0 Å². The topological polar surface area (TPSA) is 124 Å². The molecule has 0 fully saturated rings. The molecule has 1 amide bonds. The normalized spacial score (nSPS) is 11.7. The minimum absolute atomic E-state index is 0.0935. The Kier molecular flexibility index (Phi) is 6.54. The number of ether oxygens (including phenoxy) is 2. The number of methoxy groups -OCH3 is 2. The highest BCUT2D eigenvalue weighted by atomic mass is 16.5. The molecule has 0 bridgehead atoms. The lowest BCUT2D eigenvalue weighted by atomic mass is 10.0. The summed E-state index contributed by atoms with van der Waals surface area (Å²) in [5.74, 6) is 0.480. The van der Waals surface area contributed by atoms with Crippen LogP contribution < -0.4 is 14.8 Å². The number of nitrogens with one attached hydrogen (secondary N) is 1. The summed E-state index contributed by atoms with van der Waals surface area (Å²) in [7, 11) is 2.99. The highest BCUT2D eigenvalue weighted by Gasteiger charge is 2.22.